The van der Waals surface area contributed by atoms with E-state index in [1.165, 1.54) is 4.90 Å². The Balaban J connectivity index is 1.86. The molecule has 0 unspecified atom stereocenters. The molecule has 0 aliphatic heterocycles. The van der Waals surface area contributed by atoms with Crippen molar-refractivity contribution in [2.24, 2.45) is 0 Å². The summed E-state index contributed by atoms with van der Waals surface area (Å²) in [6.45, 7) is 3.65. The van der Waals surface area contributed by atoms with E-state index in [2.05, 4.69) is 5.32 Å². The minimum Gasteiger partial charge on any atom is -0.497 e. The number of para-hydroxylation sites is 1. The second kappa shape index (κ2) is 13.7. The van der Waals surface area contributed by atoms with Crippen molar-refractivity contribution in [3.63, 3.8) is 0 Å². The minimum absolute atomic E-state index is 0.0954. The number of amides is 2. The van der Waals surface area contributed by atoms with Crippen LogP contribution >= 0.6 is 0 Å². The number of benzene rings is 3. The number of methoxy groups -OCH3 is 1. The van der Waals surface area contributed by atoms with Gasteiger partial charge in [0.25, 0.3) is 0 Å². The van der Waals surface area contributed by atoms with Gasteiger partial charge in [0, 0.05) is 13.1 Å². The van der Waals surface area contributed by atoms with Crippen molar-refractivity contribution >= 4 is 27.5 Å². The highest BCUT2D eigenvalue weighted by atomic mass is 32.2. The zero-order valence-corrected chi connectivity index (χ0v) is 23.5. The molecule has 9 nitrogen and oxygen atoms in total. The Hall–Kier alpha value is -4.05. The molecule has 10 heteroatoms. The third-order valence-corrected chi connectivity index (χ3v) is 7.13. The smallest absolute Gasteiger partial charge is 0.244 e. The average molecular weight is 554 g/mol. The molecule has 0 spiro atoms. The van der Waals surface area contributed by atoms with Crippen LogP contribution < -0.4 is 19.1 Å². The van der Waals surface area contributed by atoms with Gasteiger partial charge in [0.1, 0.15) is 29.8 Å². The van der Waals surface area contributed by atoms with E-state index in [-0.39, 0.29) is 12.5 Å². The number of hydrogen-bond donors (Lipinski definition) is 1. The van der Waals surface area contributed by atoms with Gasteiger partial charge >= 0.3 is 0 Å². The Morgan fingerprint density at radius 2 is 1.56 bits per heavy atom. The molecule has 39 heavy (non-hydrogen) atoms. The molecule has 208 valence electrons. The number of rotatable bonds is 13. The molecule has 0 saturated heterocycles. The predicted molar refractivity (Wildman–Crippen MR) is 151 cm³/mol. The molecular formula is C29H35N3O6S. The van der Waals surface area contributed by atoms with Gasteiger partial charge in [-0.15, -0.1) is 0 Å². The van der Waals surface area contributed by atoms with E-state index >= 15 is 0 Å². The fraction of sp³-hybridized carbons (Fsp3) is 0.310. The van der Waals surface area contributed by atoms with Crippen LogP contribution in [0.5, 0.6) is 17.2 Å². The molecule has 0 fully saturated rings. The van der Waals surface area contributed by atoms with E-state index in [0.717, 1.165) is 22.5 Å². The number of ether oxygens (including phenoxy) is 2. The second-order valence-electron chi connectivity index (χ2n) is 9.02. The molecule has 3 aromatic carbocycles. The van der Waals surface area contributed by atoms with Crippen LogP contribution in [-0.4, -0.2) is 57.6 Å². The van der Waals surface area contributed by atoms with Gasteiger partial charge in [0.15, 0.2) is 0 Å². The number of sulfonamides is 1. The van der Waals surface area contributed by atoms with Crippen LogP contribution in [0.25, 0.3) is 0 Å². The third kappa shape index (κ3) is 8.47. The van der Waals surface area contributed by atoms with Crippen LogP contribution in [0.1, 0.15) is 25.8 Å². The summed E-state index contributed by atoms with van der Waals surface area (Å²) in [5.41, 5.74) is 1.04. The maximum Gasteiger partial charge on any atom is 0.244 e. The molecule has 3 aromatic rings. The maximum absolute atomic E-state index is 13.6. The molecule has 1 atom stereocenters. The summed E-state index contributed by atoms with van der Waals surface area (Å²) in [4.78, 5) is 27.8. The Morgan fingerprint density at radius 1 is 0.923 bits per heavy atom. The fourth-order valence-corrected chi connectivity index (χ4v) is 4.71. The molecule has 3 rings (SSSR count). The summed E-state index contributed by atoms with van der Waals surface area (Å²) < 4.78 is 37.7. The first-order valence-electron chi connectivity index (χ1n) is 12.6. The Kier molecular flexibility index (Phi) is 10.3. The molecule has 0 bridgehead atoms. The summed E-state index contributed by atoms with van der Waals surface area (Å²) in [5, 5.41) is 2.81. The van der Waals surface area contributed by atoms with Crippen molar-refractivity contribution in [3.05, 3.63) is 84.4 Å². The lowest BCUT2D eigenvalue weighted by Crippen LogP contribution is -2.51. The summed E-state index contributed by atoms with van der Waals surface area (Å²) in [6, 6.07) is 22.0. The van der Waals surface area contributed by atoms with Crippen LogP contribution in [0.3, 0.4) is 0 Å². The Bertz CT molecular complexity index is 1350. The van der Waals surface area contributed by atoms with Gasteiger partial charge in [-0.2, -0.15) is 0 Å². The highest BCUT2D eigenvalue weighted by Crippen LogP contribution is 2.26. The van der Waals surface area contributed by atoms with Gasteiger partial charge in [0.2, 0.25) is 21.8 Å². The standard InChI is InChI=1S/C29H35N3O6S/c1-5-18-30-29(34)22(2)31(20-23-10-9-13-27(19-23)37-3)28(33)21-32(39(4,35)36)24-14-16-26(17-15-24)38-25-11-7-6-8-12-25/h6-17,19,22H,5,18,20-21H2,1-4H3,(H,30,34)/t22-/m0/s1. The number of hydrogen-bond acceptors (Lipinski definition) is 6. The van der Waals surface area contributed by atoms with Crippen molar-refractivity contribution in [1.82, 2.24) is 10.2 Å². The highest BCUT2D eigenvalue weighted by molar-refractivity contribution is 7.92. The van der Waals surface area contributed by atoms with Gasteiger partial charge in [-0.3, -0.25) is 13.9 Å². The Morgan fingerprint density at radius 3 is 2.18 bits per heavy atom. The first-order chi connectivity index (χ1) is 18.6. The van der Waals surface area contributed by atoms with Gasteiger partial charge in [0.05, 0.1) is 19.1 Å². The molecule has 2 amide bonds. The topological polar surface area (TPSA) is 105 Å². The number of anilines is 1. The predicted octanol–water partition coefficient (Wildman–Crippen LogP) is 4.20. The largest absolute Gasteiger partial charge is 0.497 e. The molecule has 0 saturated carbocycles. The molecule has 0 radical (unpaired) electrons. The summed E-state index contributed by atoms with van der Waals surface area (Å²) >= 11 is 0. The van der Waals surface area contributed by atoms with E-state index in [1.54, 1.807) is 56.5 Å². The van der Waals surface area contributed by atoms with Gasteiger partial charge < -0.3 is 19.7 Å². The van der Waals surface area contributed by atoms with Crippen molar-refractivity contribution in [3.8, 4) is 17.2 Å². The summed E-state index contributed by atoms with van der Waals surface area (Å²) in [6.07, 6.45) is 1.78. The first kappa shape index (κ1) is 29.5. The maximum atomic E-state index is 13.6. The SMILES string of the molecule is CCCNC(=O)[C@H](C)N(Cc1cccc(OC)c1)C(=O)CN(c1ccc(Oc2ccccc2)cc1)S(C)(=O)=O. The van der Waals surface area contributed by atoms with E-state index in [4.69, 9.17) is 9.47 Å². The van der Waals surface area contributed by atoms with Crippen molar-refractivity contribution in [2.45, 2.75) is 32.9 Å². The number of nitrogens with zero attached hydrogens (tertiary/aromatic N) is 2. The summed E-state index contributed by atoms with van der Waals surface area (Å²) in [7, 11) is -2.29. The van der Waals surface area contributed by atoms with Crippen LogP contribution in [0, 0.1) is 0 Å². The van der Waals surface area contributed by atoms with E-state index in [9.17, 15) is 18.0 Å². The van der Waals surface area contributed by atoms with Crippen molar-refractivity contribution < 1.29 is 27.5 Å². The highest BCUT2D eigenvalue weighted by Gasteiger charge is 2.30. The van der Waals surface area contributed by atoms with Crippen LogP contribution in [0.15, 0.2) is 78.9 Å². The van der Waals surface area contributed by atoms with Gasteiger partial charge in [-0.1, -0.05) is 37.3 Å². The molecule has 0 aliphatic carbocycles. The Labute approximate surface area is 230 Å². The lowest BCUT2D eigenvalue weighted by Gasteiger charge is -2.31. The van der Waals surface area contributed by atoms with E-state index < -0.39 is 28.5 Å². The van der Waals surface area contributed by atoms with Crippen LogP contribution in [0.2, 0.25) is 0 Å². The van der Waals surface area contributed by atoms with E-state index in [0.29, 0.717) is 29.5 Å². The van der Waals surface area contributed by atoms with Gasteiger partial charge in [-0.05, 0) is 67.4 Å². The third-order valence-electron chi connectivity index (χ3n) is 5.99. The molecule has 0 heterocycles. The average Bonchev–Trinajstić information content (AvgIpc) is 2.93. The van der Waals surface area contributed by atoms with Crippen LogP contribution in [0.4, 0.5) is 5.69 Å². The monoisotopic (exact) mass is 553 g/mol. The summed E-state index contributed by atoms with van der Waals surface area (Å²) in [5.74, 6) is 0.932. The molecular weight excluding hydrogens is 518 g/mol. The lowest BCUT2D eigenvalue weighted by atomic mass is 10.1. The van der Waals surface area contributed by atoms with Crippen molar-refractivity contribution in [2.75, 3.05) is 30.8 Å². The number of carbonyl (C=O) groups excluding carboxylic acids is 2. The lowest BCUT2D eigenvalue weighted by molar-refractivity contribution is -0.139. The molecule has 0 aliphatic rings. The van der Waals surface area contributed by atoms with Crippen LogP contribution in [-0.2, 0) is 26.2 Å². The number of nitrogens with one attached hydrogen (secondary N) is 1. The van der Waals surface area contributed by atoms with Gasteiger partial charge in [-0.25, -0.2) is 8.42 Å². The fourth-order valence-electron chi connectivity index (χ4n) is 3.86. The minimum atomic E-state index is -3.84. The second-order valence-corrected chi connectivity index (χ2v) is 10.9. The first-order valence-corrected chi connectivity index (χ1v) is 14.5. The number of carbonyl (C=O) groups is 2. The normalized spacial score (nSPS) is 11.8. The quantitative estimate of drug-likeness (QED) is 0.340. The zero-order chi connectivity index (χ0) is 28.4. The molecule has 0 aromatic heterocycles. The van der Waals surface area contributed by atoms with E-state index in [1.807, 2.05) is 43.3 Å². The van der Waals surface area contributed by atoms with Crippen molar-refractivity contribution in [1.29, 1.82) is 0 Å². The molecule has 1 N–H and O–H groups in total. The zero-order valence-electron chi connectivity index (χ0n) is 22.7.